The molecule has 0 atom stereocenters. The smallest absolute Gasteiger partial charge is 0.193 e. The van der Waals surface area contributed by atoms with Gasteiger partial charge >= 0.3 is 0 Å². The van der Waals surface area contributed by atoms with Gasteiger partial charge in [0, 0.05) is 25.3 Å². The number of ether oxygens (including phenoxy) is 2. The van der Waals surface area contributed by atoms with Crippen molar-refractivity contribution < 1.29 is 9.47 Å². The van der Waals surface area contributed by atoms with Crippen molar-refractivity contribution in [3.05, 3.63) is 59.7 Å². The first kappa shape index (κ1) is 23.4. The summed E-state index contributed by atoms with van der Waals surface area (Å²) in [5.41, 5.74) is 9.46. The molecule has 29 heavy (non-hydrogen) atoms. The highest BCUT2D eigenvalue weighted by Crippen LogP contribution is 2.17. The van der Waals surface area contributed by atoms with Crippen LogP contribution in [-0.4, -0.2) is 43.3 Å². The molecule has 3 N–H and O–H groups in total. The second kappa shape index (κ2) is 12.0. The second-order valence-corrected chi connectivity index (χ2v) is 7.17. The summed E-state index contributed by atoms with van der Waals surface area (Å²) in [5, 5.41) is 3.14. The summed E-state index contributed by atoms with van der Waals surface area (Å²) >= 11 is 0. The maximum Gasteiger partial charge on any atom is 0.193 e. The van der Waals surface area contributed by atoms with Gasteiger partial charge in [0.1, 0.15) is 5.75 Å². The molecule has 0 aliphatic carbocycles. The molecule has 0 spiro atoms. The Morgan fingerprint density at radius 1 is 1.10 bits per heavy atom. The van der Waals surface area contributed by atoms with E-state index in [-0.39, 0.29) is 30.1 Å². The Balaban J connectivity index is 0.00000300. The number of morpholine rings is 1. The molecule has 2 aromatic rings. The number of guanidine groups is 1. The lowest BCUT2D eigenvalue weighted by Crippen LogP contribution is -2.35. The monoisotopic (exact) mass is 510 g/mol. The van der Waals surface area contributed by atoms with Gasteiger partial charge in [-0.25, -0.2) is 4.99 Å². The molecule has 3 rings (SSSR count). The van der Waals surface area contributed by atoms with Crippen LogP contribution < -0.4 is 15.8 Å². The molecule has 0 amide bonds. The summed E-state index contributed by atoms with van der Waals surface area (Å²) in [7, 11) is 0. The highest BCUT2D eigenvalue weighted by molar-refractivity contribution is 14.0. The SMILES string of the molecule is CC(C)Oc1ccc(NC(N)=NCc2ccccc2CN2CCOCC2)cc1.I. The minimum Gasteiger partial charge on any atom is -0.491 e. The van der Waals surface area contributed by atoms with E-state index in [0.717, 1.165) is 44.3 Å². The fourth-order valence-corrected chi connectivity index (χ4v) is 3.11. The Kier molecular flexibility index (Phi) is 9.69. The predicted octanol–water partition coefficient (Wildman–Crippen LogP) is 3.85. The van der Waals surface area contributed by atoms with E-state index in [1.165, 1.54) is 11.1 Å². The average molecular weight is 510 g/mol. The molecule has 7 heteroatoms. The Hall–Kier alpha value is -1.84. The third-order valence-corrected chi connectivity index (χ3v) is 4.53. The van der Waals surface area contributed by atoms with Crippen LogP contribution in [0.15, 0.2) is 53.5 Å². The number of halogens is 1. The van der Waals surface area contributed by atoms with E-state index in [2.05, 4.69) is 33.4 Å². The summed E-state index contributed by atoms with van der Waals surface area (Å²) in [6, 6.07) is 16.1. The van der Waals surface area contributed by atoms with E-state index in [4.69, 9.17) is 15.2 Å². The Morgan fingerprint density at radius 3 is 2.41 bits per heavy atom. The molecular formula is C22H31IN4O2. The van der Waals surface area contributed by atoms with Crippen LogP contribution in [0.2, 0.25) is 0 Å². The van der Waals surface area contributed by atoms with Crippen molar-refractivity contribution in [2.45, 2.75) is 33.0 Å². The largest absolute Gasteiger partial charge is 0.491 e. The van der Waals surface area contributed by atoms with Gasteiger partial charge in [0.25, 0.3) is 0 Å². The van der Waals surface area contributed by atoms with Crippen molar-refractivity contribution in [3.8, 4) is 5.75 Å². The van der Waals surface area contributed by atoms with E-state index in [1.807, 2.05) is 44.2 Å². The average Bonchev–Trinajstić information content (AvgIpc) is 2.69. The van der Waals surface area contributed by atoms with Gasteiger partial charge < -0.3 is 20.5 Å². The van der Waals surface area contributed by atoms with E-state index in [9.17, 15) is 0 Å². The van der Waals surface area contributed by atoms with Crippen molar-refractivity contribution in [1.82, 2.24) is 4.90 Å². The van der Waals surface area contributed by atoms with Crippen molar-refractivity contribution in [2.24, 2.45) is 10.7 Å². The van der Waals surface area contributed by atoms with Crippen molar-refractivity contribution >= 4 is 35.6 Å². The molecule has 0 unspecified atom stereocenters. The number of hydrogen-bond donors (Lipinski definition) is 2. The molecule has 158 valence electrons. The maximum atomic E-state index is 6.09. The van der Waals surface area contributed by atoms with Crippen molar-refractivity contribution in [1.29, 1.82) is 0 Å². The molecule has 0 bridgehead atoms. The summed E-state index contributed by atoms with van der Waals surface area (Å²) < 4.78 is 11.1. The number of benzene rings is 2. The molecule has 1 saturated heterocycles. The van der Waals surface area contributed by atoms with Crippen LogP contribution in [0.4, 0.5) is 5.69 Å². The van der Waals surface area contributed by atoms with Crippen LogP contribution in [0, 0.1) is 0 Å². The maximum absolute atomic E-state index is 6.09. The first-order valence-electron chi connectivity index (χ1n) is 9.80. The highest BCUT2D eigenvalue weighted by atomic mass is 127. The number of nitrogens with two attached hydrogens (primary N) is 1. The van der Waals surface area contributed by atoms with Crippen LogP contribution in [0.5, 0.6) is 5.75 Å². The third kappa shape index (κ3) is 7.83. The number of anilines is 1. The second-order valence-electron chi connectivity index (χ2n) is 7.17. The zero-order valence-corrected chi connectivity index (χ0v) is 19.5. The summed E-state index contributed by atoms with van der Waals surface area (Å²) in [4.78, 5) is 6.93. The lowest BCUT2D eigenvalue weighted by molar-refractivity contribution is 0.0341. The third-order valence-electron chi connectivity index (χ3n) is 4.53. The fraction of sp³-hybridized carbons (Fsp3) is 0.409. The normalized spacial score (nSPS) is 15.1. The predicted molar refractivity (Wildman–Crippen MR) is 129 cm³/mol. The standard InChI is InChI=1S/C22H30N4O2.HI/c1-17(2)28-21-9-7-20(8-10-21)25-22(23)24-15-18-5-3-4-6-19(18)16-26-11-13-27-14-12-26;/h3-10,17H,11-16H2,1-2H3,(H3,23,24,25);1H. The van der Waals surface area contributed by atoms with Crippen LogP contribution >= 0.6 is 24.0 Å². The summed E-state index contributed by atoms with van der Waals surface area (Å²) in [6.45, 7) is 9.03. The summed E-state index contributed by atoms with van der Waals surface area (Å²) in [5.74, 6) is 1.24. The first-order valence-corrected chi connectivity index (χ1v) is 9.80. The minimum atomic E-state index is 0. The van der Waals surface area contributed by atoms with Crippen LogP contribution in [-0.2, 0) is 17.8 Å². The summed E-state index contributed by atoms with van der Waals surface area (Å²) in [6.07, 6.45) is 0.156. The minimum absolute atomic E-state index is 0. The van der Waals surface area contributed by atoms with Gasteiger partial charge in [-0.15, -0.1) is 24.0 Å². The van der Waals surface area contributed by atoms with Crippen molar-refractivity contribution in [3.63, 3.8) is 0 Å². The molecule has 0 saturated carbocycles. The Bertz CT molecular complexity index is 775. The molecule has 1 aliphatic heterocycles. The van der Waals surface area contributed by atoms with E-state index in [1.54, 1.807) is 0 Å². The molecule has 6 nitrogen and oxygen atoms in total. The molecule has 0 aromatic heterocycles. The zero-order valence-electron chi connectivity index (χ0n) is 17.1. The zero-order chi connectivity index (χ0) is 19.8. The van der Waals surface area contributed by atoms with Gasteiger partial charge in [0.15, 0.2) is 5.96 Å². The van der Waals surface area contributed by atoms with Crippen LogP contribution in [0.1, 0.15) is 25.0 Å². The Morgan fingerprint density at radius 2 is 1.76 bits per heavy atom. The van der Waals surface area contributed by atoms with Gasteiger partial charge in [0.2, 0.25) is 0 Å². The fourth-order valence-electron chi connectivity index (χ4n) is 3.11. The number of hydrogen-bond acceptors (Lipinski definition) is 4. The molecule has 1 heterocycles. The van der Waals surface area contributed by atoms with Gasteiger partial charge in [-0.05, 0) is 49.2 Å². The highest BCUT2D eigenvalue weighted by Gasteiger charge is 2.12. The lowest BCUT2D eigenvalue weighted by atomic mass is 10.1. The molecule has 2 aromatic carbocycles. The van der Waals surface area contributed by atoms with Gasteiger partial charge in [-0.2, -0.15) is 0 Å². The van der Waals surface area contributed by atoms with E-state index >= 15 is 0 Å². The van der Waals surface area contributed by atoms with Crippen LogP contribution in [0.25, 0.3) is 0 Å². The topological polar surface area (TPSA) is 72.1 Å². The number of nitrogens with zero attached hydrogens (tertiary/aromatic N) is 2. The lowest BCUT2D eigenvalue weighted by Gasteiger charge is -2.27. The Labute approximate surface area is 190 Å². The molecule has 1 aliphatic rings. The first-order chi connectivity index (χ1) is 13.6. The molecular weight excluding hydrogens is 479 g/mol. The molecule has 0 radical (unpaired) electrons. The molecule has 1 fully saturated rings. The number of rotatable bonds is 7. The quantitative estimate of drug-likeness (QED) is 0.337. The van der Waals surface area contributed by atoms with Gasteiger partial charge in [0.05, 0.1) is 25.9 Å². The van der Waals surface area contributed by atoms with Gasteiger partial charge in [-0.3, -0.25) is 4.90 Å². The van der Waals surface area contributed by atoms with E-state index in [0.29, 0.717) is 12.5 Å². The van der Waals surface area contributed by atoms with Crippen molar-refractivity contribution in [2.75, 3.05) is 31.6 Å². The van der Waals surface area contributed by atoms with Gasteiger partial charge in [-0.1, -0.05) is 24.3 Å². The van der Waals surface area contributed by atoms with Crippen LogP contribution in [0.3, 0.4) is 0 Å². The number of aliphatic imine (C=N–C) groups is 1. The van der Waals surface area contributed by atoms with E-state index < -0.39 is 0 Å². The number of nitrogens with one attached hydrogen (secondary N) is 1.